The number of hydrogen-bond donors (Lipinski definition) is 0. The number of hydrogen-bond acceptors (Lipinski definition) is 2. The maximum absolute atomic E-state index is 5.43. The first-order valence-electron chi connectivity index (χ1n) is 22.4. The zero-order valence-electron chi connectivity index (χ0n) is 35.5. The van der Waals surface area contributed by atoms with Crippen molar-refractivity contribution in [3.05, 3.63) is 265 Å². The number of rotatable bonds is 5. The van der Waals surface area contributed by atoms with Gasteiger partial charge in [0.25, 0.3) is 0 Å². The highest BCUT2D eigenvalue weighted by Gasteiger charge is 2.49. The van der Waals surface area contributed by atoms with Gasteiger partial charge >= 0.3 is 0 Å². The SMILES string of the molecule is c1ccc(-c2ccc(-c3cc(-c4ccc(-c5cccc6ccccc56)cc4)nc(-c4ccc5c(c4)-c4ccccc4-c4ccccc4C54c5ccccc5-c5ccccc54)n3)cc2)cc1. The zero-order chi connectivity index (χ0) is 42.9. The molecule has 13 rings (SSSR count). The quantitative estimate of drug-likeness (QED) is 0.173. The lowest BCUT2D eigenvalue weighted by molar-refractivity contribution is 0.775. The van der Waals surface area contributed by atoms with Crippen molar-refractivity contribution in [3.63, 3.8) is 0 Å². The fourth-order valence-corrected chi connectivity index (χ4v) is 10.8. The molecule has 0 N–H and O–H groups in total. The first kappa shape index (κ1) is 37.1. The van der Waals surface area contributed by atoms with Crippen molar-refractivity contribution in [2.45, 2.75) is 5.41 Å². The van der Waals surface area contributed by atoms with Gasteiger partial charge < -0.3 is 0 Å². The van der Waals surface area contributed by atoms with E-state index in [1.807, 2.05) is 0 Å². The molecular weight excluding hydrogens is 785 g/mol. The van der Waals surface area contributed by atoms with Gasteiger partial charge in [0.15, 0.2) is 5.82 Å². The van der Waals surface area contributed by atoms with Gasteiger partial charge in [0.2, 0.25) is 0 Å². The van der Waals surface area contributed by atoms with E-state index in [2.05, 4.69) is 243 Å². The molecule has 0 amide bonds. The van der Waals surface area contributed by atoms with Crippen molar-refractivity contribution in [1.29, 1.82) is 0 Å². The maximum Gasteiger partial charge on any atom is 0.160 e. The Bertz CT molecular complexity index is 3590. The molecule has 1 spiro atoms. The minimum absolute atomic E-state index is 0.545. The molecule has 0 aliphatic heterocycles. The molecule has 2 nitrogen and oxygen atoms in total. The average Bonchev–Trinajstić information content (AvgIpc) is 3.63. The summed E-state index contributed by atoms with van der Waals surface area (Å²) in [5, 5.41) is 2.48. The van der Waals surface area contributed by atoms with E-state index in [1.54, 1.807) is 0 Å². The Morgan fingerprint density at radius 3 is 1.29 bits per heavy atom. The van der Waals surface area contributed by atoms with E-state index < -0.39 is 5.41 Å². The molecule has 302 valence electrons. The maximum atomic E-state index is 5.43. The normalized spacial score (nSPS) is 12.7. The molecule has 0 radical (unpaired) electrons. The zero-order valence-corrected chi connectivity index (χ0v) is 35.5. The lowest BCUT2D eigenvalue weighted by Gasteiger charge is -2.35. The highest BCUT2D eigenvalue weighted by atomic mass is 14.9. The second-order valence-corrected chi connectivity index (χ2v) is 17.2. The summed E-state index contributed by atoms with van der Waals surface area (Å²) >= 11 is 0. The lowest BCUT2D eigenvalue weighted by atomic mass is 9.66. The van der Waals surface area contributed by atoms with Crippen LogP contribution in [0.4, 0.5) is 0 Å². The van der Waals surface area contributed by atoms with Crippen LogP contribution in [0.2, 0.25) is 0 Å². The van der Waals surface area contributed by atoms with Crippen LogP contribution >= 0.6 is 0 Å². The van der Waals surface area contributed by atoms with Crippen molar-refractivity contribution < 1.29 is 0 Å². The molecule has 2 aliphatic carbocycles. The monoisotopic (exact) mass is 824 g/mol. The molecule has 0 fully saturated rings. The van der Waals surface area contributed by atoms with Gasteiger partial charge in [-0.3, -0.25) is 0 Å². The molecule has 0 bridgehead atoms. The highest BCUT2D eigenvalue weighted by Crippen LogP contribution is 2.61. The van der Waals surface area contributed by atoms with Crippen molar-refractivity contribution in [1.82, 2.24) is 9.97 Å². The standard InChI is InChI=1S/C63H40N2/c1-2-15-41(16-3-1)42-29-33-45(34-30-42)60-40-61(46-35-31-44(32-36-46)49-25-14-18-43-17-4-5-19-48(43)49)65-62(64-60)47-37-38-59-55(39-47)51-21-7-6-20-50(51)52-22-8-11-26-56(52)63(59)57-27-12-9-23-53(57)54-24-10-13-28-58(54)63/h1-40H. The van der Waals surface area contributed by atoms with Crippen molar-refractivity contribution in [2.24, 2.45) is 0 Å². The first-order chi connectivity index (χ1) is 32.2. The van der Waals surface area contributed by atoms with E-state index >= 15 is 0 Å². The van der Waals surface area contributed by atoms with Crippen LogP contribution < -0.4 is 0 Å². The second kappa shape index (κ2) is 14.8. The Kier molecular flexibility index (Phi) is 8.47. The molecule has 0 saturated carbocycles. The molecule has 1 aromatic heterocycles. The Morgan fingerprint density at radius 2 is 0.662 bits per heavy atom. The third-order valence-electron chi connectivity index (χ3n) is 13.8. The van der Waals surface area contributed by atoms with Crippen molar-refractivity contribution >= 4 is 10.8 Å². The van der Waals surface area contributed by atoms with Gasteiger partial charge in [0, 0.05) is 16.7 Å². The summed E-state index contributed by atoms with van der Waals surface area (Å²) in [6, 6.07) is 88.3. The van der Waals surface area contributed by atoms with Crippen LogP contribution in [0, 0.1) is 0 Å². The van der Waals surface area contributed by atoms with E-state index in [0.717, 1.165) is 28.1 Å². The fourth-order valence-electron chi connectivity index (χ4n) is 10.8. The summed E-state index contributed by atoms with van der Waals surface area (Å²) in [5.74, 6) is 0.686. The van der Waals surface area contributed by atoms with Crippen LogP contribution in [0.15, 0.2) is 243 Å². The van der Waals surface area contributed by atoms with E-state index in [1.165, 1.54) is 88.7 Å². The third-order valence-corrected chi connectivity index (χ3v) is 13.8. The summed E-state index contributed by atoms with van der Waals surface area (Å²) in [4.78, 5) is 10.9. The molecule has 10 aromatic carbocycles. The summed E-state index contributed by atoms with van der Waals surface area (Å²) in [5.41, 5.74) is 21.6. The van der Waals surface area contributed by atoms with E-state index in [9.17, 15) is 0 Å². The van der Waals surface area contributed by atoms with Gasteiger partial charge in [0.1, 0.15) is 0 Å². The molecule has 0 saturated heterocycles. The number of nitrogens with zero attached hydrogens (tertiary/aromatic N) is 2. The molecule has 1 heterocycles. The van der Waals surface area contributed by atoms with Gasteiger partial charge in [-0.2, -0.15) is 0 Å². The van der Waals surface area contributed by atoms with E-state index in [-0.39, 0.29) is 0 Å². The smallest absolute Gasteiger partial charge is 0.160 e. The fraction of sp³-hybridized carbons (Fsp3) is 0.0159. The van der Waals surface area contributed by atoms with Gasteiger partial charge in [-0.1, -0.05) is 231 Å². The van der Waals surface area contributed by atoms with E-state index in [0.29, 0.717) is 5.82 Å². The molecule has 2 aliphatic rings. The minimum atomic E-state index is -0.545. The summed E-state index contributed by atoms with van der Waals surface area (Å²) in [6.07, 6.45) is 0. The highest BCUT2D eigenvalue weighted by molar-refractivity contribution is 5.99. The molecular formula is C63H40N2. The molecule has 0 atom stereocenters. The summed E-state index contributed by atoms with van der Waals surface area (Å²) < 4.78 is 0. The number of aromatic nitrogens is 2. The van der Waals surface area contributed by atoms with Crippen molar-refractivity contribution in [3.8, 4) is 89.5 Å². The van der Waals surface area contributed by atoms with Crippen LogP contribution in [-0.4, -0.2) is 9.97 Å². The van der Waals surface area contributed by atoms with Crippen LogP contribution in [0.3, 0.4) is 0 Å². The van der Waals surface area contributed by atoms with Gasteiger partial charge in [-0.25, -0.2) is 9.97 Å². The van der Waals surface area contributed by atoms with Crippen LogP contribution in [-0.2, 0) is 5.41 Å². The van der Waals surface area contributed by atoms with Crippen molar-refractivity contribution in [2.75, 3.05) is 0 Å². The van der Waals surface area contributed by atoms with Gasteiger partial charge in [-0.05, 0) is 101 Å². The average molecular weight is 825 g/mol. The second-order valence-electron chi connectivity index (χ2n) is 17.2. The van der Waals surface area contributed by atoms with Crippen LogP contribution in [0.5, 0.6) is 0 Å². The van der Waals surface area contributed by atoms with E-state index in [4.69, 9.17) is 9.97 Å². The van der Waals surface area contributed by atoms with Gasteiger partial charge in [0.05, 0.1) is 16.8 Å². The Morgan fingerprint density at radius 1 is 0.246 bits per heavy atom. The predicted molar refractivity (Wildman–Crippen MR) is 268 cm³/mol. The van der Waals surface area contributed by atoms with Gasteiger partial charge in [-0.15, -0.1) is 0 Å². The molecule has 65 heavy (non-hydrogen) atoms. The predicted octanol–water partition coefficient (Wildman–Crippen LogP) is 16.0. The third kappa shape index (κ3) is 5.81. The summed E-state index contributed by atoms with van der Waals surface area (Å²) in [7, 11) is 0. The topological polar surface area (TPSA) is 25.8 Å². The minimum Gasteiger partial charge on any atom is -0.228 e. The largest absolute Gasteiger partial charge is 0.228 e. The lowest BCUT2D eigenvalue weighted by Crippen LogP contribution is -2.29. The number of benzene rings is 10. The Hall–Kier alpha value is -8.46. The van der Waals surface area contributed by atoms with Crippen LogP contribution in [0.1, 0.15) is 22.3 Å². The molecule has 2 heteroatoms. The first-order valence-corrected chi connectivity index (χ1v) is 22.4. The number of fused-ring (bicyclic) bond motifs is 13. The Labute approximate surface area is 378 Å². The van der Waals surface area contributed by atoms with Crippen LogP contribution in [0.25, 0.3) is 100 Å². The summed E-state index contributed by atoms with van der Waals surface area (Å²) in [6.45, 7) is 0. The Balaban J connectivity index is 1.02. The molecule has 11 aromatic rings. The molecule has 0 unspecified atom stereocenters.